The normalized spacial score (nSPS) is 12.4. The molecule has 0 aliphatic rings. The molecule has 2 aromatic rings. The van der Waals surface area contributed by atoms with Gasteiger partial charge in [-0.15, -0.1) is 0 Å². The van der Waals surface area contributed by atoms with Crippen LogP contribution in [0.2, 0.25) is 0 Å². The van der Waals surface area contributed by atoms with Crippen LogP contribution in [0.1, 0.15) is 54.3 Å². The minimum absolute atomic E-state index is 0.0150. The maximum Gasteiger partial charge on any atom is 0.254 e. The van der Waals surface area contributed by atoms with Crippen molar-refractivity contribution in [1.29, 1.82) is 0 Å². The Morgan fingerprint density at radius 3 is 2.68 bits per heavy atom. The summed E-state index contributed by atoms with van der Waals surface area (Å²) in [6.07, 6.45) is 7.79. The van der Waals surface area contributed by atoms with Crippen molar-refractivity contribution in [3.05, 3.63) is 47.5 Å². The molecule has 25 heavy (non-hydrogen) atoms. The van der Waals surface area contributed by atoms with Crippen molar-refractivity contribution in [2.24, 2.45) is 5.92 Å². The number of rotatable bonds is 9. The van der Waals surface area contributed by atoms with E-state index in [0.717, 1.165) is 24.1 Å². The summed E-state index contributed by atoms with van der Waals surface area (Å²) in [4.78, 5) is 16.6. The summed E-state index contributed by atoms with van der Waals surface area (Å²) < 4.78 is 1.94. The molecule has 0 aliphatic heterocycles. The van der Waals surface area contributed by atoms with Crippen LogP contribution in [0.4, 0.5) is 0 Å². The minimum Gasteiger partial charge on any atom is -0.396 e. The fourth-order valence-electron chi connectivity index (χ4n) is 3.03. The monoisotopic (exact) mass is 344 g/mol. The maximum absolute atomic E-state index is 12.5. The number of hydrogen-bond acceptors (Lipinski definition) is 4. The Bertz CT molecular complexity index is 665. The third kappa shape index (κ3) is 4.89. The summed E-state index contributed by atoms with van der Waals surface area (Å²) in [5.41, 5.74) is 2.54. The van der Waals surface area contributed by atoms with Gasteiger partial charge in [-0.1, -0.05) is 19.9 Å². The van der Waals surface area contributed by atoms with Crippen LogP contribution in [0, 0.1) is 12.8 Å². The van der Waals surface area contributed by atoms with Crippen LogP contribution in [0.15, 0.2) is 30.7 Å². The van der Waals surface area contributed by atoms with Crippen LogP contribution in [-0.4, -0.2) is 38.9 Å². The fraction of sp³-hybridized carbons (Fsp3) is 0.526. The molecule has 0 aromatic carbocycles. The van der Waals surface area contributed by atoms with E-state index in [1.165, 1.54) is 0 Å². The summed E-state index contributed by atoms with van der Waals surface area (Å²) in [7, 11) is 0. The van der Waals surface area contributed by atoms with Gasteiger partial charge < -0.3 is 10.4 Å². The van der Waals surface area contributed by atoms with Gasteiger partial charge in [-0.3, -0.25) is 14.5 Å². The van der Waals surface area contributed by atoms with Gasteiger partial charge in [0.15, 0.2) is 0 Å². The molecule has 6 heteroatoms. The molecular formula is C19H28N4O2. The van der Waals surface area contributed by atoms with Gasteiger partial charge in [0.05, 0.1) is 17.8 Å². The first-order chi connectivity index (χ1) is 12.1. The third-order valence-corrected chi connectivity index (χ3v) is 4.63. The molecule has 0 bridgehead atoms. The van der Waals surface area contributed by atoms with E-state index in [1.807, 2.05) is 23.7 Å². The van der Waals surface area contributed by atoms with Gasteiger partial charge in [0.1, 0.15) is 0 Å². The van der Waals surface area contributed by atoms with Crippen molar-refractivity contribution in [3.8, 4) is 0 Å². The lowest BCUT2D eigenvalue weighted by Gasteiger charge is -2.16. The summed E-state index contributed by atoms with van der Waals surface area (Å²) in [6, 6.07) is 4.16. The van der Waals surface area contributed by atoms with E-state index in [0.29, 0.717) is 24.6 Å². The van der Waals surface area contributed by atoms with Crippen molar-refractivity contribution in [1.82, 2.24) is 20.1 Å². The highest BCUT2D eigenvalue weighted by Crippen LogP contribution is 2.19. The van der Waals surface area contributed by atoms with Crippen molar-refractivity contribution in [2.45, 2.75) is 46.1 Å². The third-order valence-electron chi connectivity index (χ3n) is 4.63. The van der Waals surface area contributed by atoms with E-state index in [2.05, 4.69) is 29.2 Å². The molecular weight excluding hydrogens is 316 g/mol. The Hall–Kier alpha value is -2.21. The summed E-state index contributed by atoms with van der Waals surface area (Å²) >= 11 is 0. The van der Waals surface area contributed by atoms with Gasteiger partial charge in [0.25, 0.3) is 5.91 Å². The molecule has 1 atom stereocenters. The Morgan fingerprint density at radius 2 is 2.08 bits per heavy atom. The van der Waals surface area contributed by atoms with Crippen LogP contribution < -0.4 is 5.32 Å². The van der Waals surface area contributed by atoms with Gasteiger partial charge in [-0.05, 0) is 37.8 Å². The number of aliphatic hydroxyl groups is 1. The summed E-state index contributed by atoms with van der Waals surface area (Å²) in [5.74, 6) is -0.179. The standard InChI is InChI=1S/C19H28N4O2/c1-4-17(5-2)23-14(3)18(12-22-23)19(25)21-11-16(13-24)9-15-7-6-8-20-10-15/h6-8,10,12,16-17,24H,4-5,9,11,13H2,1-3H3,(H,21,25)/t16-/m1/s1. The number of nitrogens with zero attached hydrogens (tertiary/aromatic N) is 3. The molecule has 2 heterocycles. The van der Waals surface area contributed by atoms with E-state index in [9.17, 15) is 9.90 Å². The number of pyridine rings is 1. The molecule has 0 saturated heterocycles. The zero-order chi connectivity index (χ0) is 18.2. The van der Waals surface area contributed by atoms with Crippen LogP contribution in [0.5, 0.6) is 0 Å². The molecule has 0 aliphatic carbocycles. The van der Waals surface area contributed by atoms with Crippen molar-refractivity contribution in [3.63, 3.8) is 0 Å². The highest BCUT2D eigenvalue weighted by molar-refractivity contribution is 5.95. The highest BCUT2D eigenvalue weighted by Gasteiger charge is 2.19. The number of hydrogen-bond donors (Lipinski definition) is 2. The predicted molar refractivity (Wildman–Crippen MR) is 97.4 cm³/mol. The van der Waals surface area contributed by atoms with Gasteiger partial charge in [-0.25, -0.2) is 0 Å². The fourth-order valence-corrected chi connectivity index (χ4v) is 3.03. The second-order valence-electron chi connectivity index (χ2n) is 6.38. The lowest BCUT2D eigenvalue weighted by Crippen LogP contribution is -2.32. The van der Waals surface area contributed by atoms with E-state index in [-0.39, 0.29) is 18.4 Å². The lowest BCUT2D eigenvalue weighted by atomic mass is 10.0. The van der Waals surface area contributed by atoms with E-state index >= 15 is 0 Å². The number of aliphatic hydroxyl groups excluding tert-OH is 1. The average Bonchev–Trinajstić information content (AvgIpc) is 3.02. The van der Waals surface area contributed by atoms with Gasteiger partial charge in [0, 0.05) is 37.2 Å². The van der Waals surface area contributed by atoms with E-state index in [1.54, 1.807) is 18.6 Å². The molecule has 0 unspecified atom stereocenters. The molecule has 136 valence electrons. The zero-order valence-corrected chi connectivity index (χ0v) is 15.3. The van der Waals surface area contributed by atoms with Crippen LogP contribution in [0.25, 0.3) is 0 Å². The van der Waals surface area contributed by atoms with Crippen molar-refractivity contribution >= 4 is 5.91 Å². The Kier molecular flexibility index (Phi) is 7.13. The molecule has 0 saturated carbocycles. The predicted octanol–water partition coefficient (Wildman–Crippen LogP) is 2.53. The second-order valence-corrected chi connectivity index (χ2v) is 6.38. The largest absolute Gasteiger partial charge is 0.396 e. The molecule has 2 rings (SSSR count). The Balaban J connectivity index is 1.97. The van der Waals surface area contributed by atoms with Gasteiger partial charge in [0.2, 0.25) is 0 Å². The van der Waals surface area contributed by atoms with E-state index < -0.39 is 0 Å². The minimum atomic E-state index is -0.139. The van der Waals surface area contributed by atoms with E-state index in [4.69, 9.17) is 0 Å². The first-order valence-corrected chi connectivity index (χ1v) is 8.92. The molecule has 2 N–H and O–H groups in total. The SMILES string of the molecule is CCC(CC)n1ncc(C(=O)NC[C@H](CO)Cc2cccnc2)c1C. The number of carbonyl (C=O) groups excluding carboxylic acids is 1. The van der Waals surface area contributed by atoms with Crippen molar-refractivity contribution in [2.75, 3.05) is 13.2 Å². The smallest absolute Gasteiger partial charge is 0.254 e. The summed E-state index contributed by atoms with van der Waals surface area (Å²) in [6.45, 7) is 6.61. The summed E-state index contributed by atoms with van der Waals surface area (Å²) in [5, 5.41) is 16.9. The van der Waals surface area contributed by atoms with Crippen LogP contribution in [0.3, 0.4) is 0 Å². The van der Waals surface area contributed by atoms with Crippen LogP contribution in [-0.2, 0) is 6.42 Å². The number of nitrogens with one attached hydrogen (secondary N) is 1. The van der Waals surface area contributed by atoms with Gasteiger partial charge in [-0.2, -0.15) is 5.10 Å². The first-order valence-electron chi connectivity index (χ1n) is 8.92. The molecule has 6 nitrogen and oxygen atoms in total. The quantitative estimate of drug-likeness (QED) is 0.732. The molecule has 0 fully saturated rings. The number of aromatic nitrogens is 3. The maximum atomic E-state index is 12.5. The Labute approximate surface area is 149 Å². The zero-order valence-electron chi connectivity index (χ0n) is 15.3. The number of amides is 1. The Morgan fingerprint density at radius 1 is 1.32 bits per heavy atom. The van der Waals surface area contributed by atoms with Crippen LogP contribution >= 0.6 is 0 Å². The lowest BCUT2D eigenvalue weighted by molar-refractivity contribution is 0.0939. The topological polar surface area (TPSA) is 80.0 Å². The molecule has 0 spiro atoms. The second kappa shape index (κ2) is 9.32. The first kappa shape index (κ1) is 19.1. The molecule has 0 radical (unpaired) electrons. The number of carbonyl (C=O) groups is 1. The average molecular weight is 344 g/mol. The molecule has 2 aromatic heterocycles. The highest BCUT2D eigenvalue weighted by atomic mass is 16.3. The molecule has 1 amide bonds. The van der Waals surface area contributed by atoms with Gasteiger partial charge >= 0.3 is 0 Å². The van der Waals surface area contributed by atoms with Crippen molar-refractivity contribution < 1.29 is 9.90 Å².